The van der Waals surface area contributed by atoms with Crippen molar-refractivity contribution in [1.82, 2.24) is 15.0 Å². The van der Waals surface area contributed by atoms with Gasteiger partial charge in [0.15, 0.2) is 9.84 Å². The molecule has 1 aromatic carbocycles. The number of benzene rings is 1. The van der Waals surface area contributed by atoms with Gasteiger partial charge in [0.1, 0.15) is 0 Å². The molecular formula is C10H8Cl2N4O2S. The van der Waals surface area contributed by atoms with Crippen molar-refractivity contribution in [3.05, 3.63) is 34.8 Å². The van der Waals surface area contributed by atoms with Gasteiger partial charge in [-0.15, -0.1) is 0 Å². The van der Waals surface area contributed by atoms with Crippen molar-refractivity contribution in [2.75, 3.05) is 11.6 Å². The molecule has 19 heavy (non-hydrogen) atoms. The van der Waals surface area contributed by atoms with E-state index in [1.165, 1.54) is 12.1 Å². The predicted molar refractivity (Wildman–Crippen MR) is 72.7 cm³/mol. The van der Waals surface area contributed by atoms with Crippen LogP contribution in [0.3, 0.4) is 0 Å². The maximum atomic E-state index is 11.3. The molecule has 1 heterocycles. The second-order valence-electron chi connectivity index (χ2n) is 3.62. The first kappa shape index (κ1) is 14.0. The molecule has 0 aliphatic carbocycles. The Bertz CT molecular complexity index is 684. The van der Waals surface area contributed by atoms with Crippen LogP contribution < -0.4 is 5.32 Å². The van der Waals surface area contributed by atoms with Crippen molar-refractivity contribution in [3.63, 3.8) is 0 Å². The molecule has 0 radical (unpaired) electrons. The molecule has 2 rings (SSSR count). The van der Waals surface area contributed by atoms with Gasteiger partial charge >= 0.3 is 0 Å². The molecule has 0 fully saturated rings. The first-order valence-corrected chi connectivity index (χ1v) is 7.63. The van der Waals surface area contributed by atoms with E-state index in [0.29, 0.717) is 5.69 Å². The Labute approximate surface area is 119 Å². The van der Waals surface area contributed by atoms with Crippen LogP contribution in [0.1, 0.15) is 0 Å². The number of aromatic nitrogens is 3. The normalized spacial score (nSPS) is 11.3. The molecule has 1 N–H and O–H groups in total. The smallest absolute Gasteiger partial charge is 0.232 e. The quantitative estimate of drug-likeness (QED) is 0.934. The minimum atomic E-state index is -3.22. The minimum Gasteiger partial charge on any atom is -0.324 e. The summed E-state index contributed by atoms with van der Waals surface area (Å²) in [5, 5.41) is 2.77. The van der Waals surface area contributed by atoms with Crippen molar-refractivity contribution >= 4 is 44.7 Å². The van der Waals surface area contributed by atoms with Gasteiger partial charge in [-0.3, -0.25) is 0 Å². The Hall–Kier alpha value is -1.44. The van der Waals surface area contributed by atoms with Crippen molar-refractivity contribution in [3.8, 4) is 0 Å². The van der Waals surface area contributed by atoms with Gasteiger partial charge in [0, 0.05) is 11.9 Å². The number of hydrogen-bond acceptors (Lipinski definition) is 6. The van der Waals surface area contributed by atoms with Crippen LogP contribution in [0.5, 0.6) is 0 Å². The Kier molecular flexibility index (Phi) is 3.88. The lowest BCUT2D eigenvalue weighted by molar-refractivity contribution is 0.602. The number of nitrogens with one attached hydrogen (secondary N) is 1. The average molecular weight is 319 g/mol. The molecular weight excluding hydrogens is 311 g/mol. The van der Waals surface area contributed by atoms with E-state index in [1.54, 1.807) is 12.1 Å². The number of halogens is 2. The monoisotopic (exact) mass is 318 g/mol. The van der Waals surface area contributed by atoms with Gasteiger partial charge in [0.25, 0.3) is 0 Å². The fourth-order valence-corrected chi connectivity index (χ4v) is 2.29. The second kappa shape index (κ2) is 5.28. The van der Waals surface area contributed by atoms with Gasteiger partial charge in [-0.05, 0) is 47.5 Å². The number of hydrogen-bond donors (Lipinski definition) is 1. The van der Waals surface area contributed by atoms with Crippen LogP contribution in [0.25, 0.3) is 0 Å². The third-order valence-electron chi connectivity index (χ3n) is 2.12. The minimum absolute atomic E-state index is 0.0322. The van der Waals surface area contributed by atoms with E-state index >= 15 is 0 Å². The number of sulfone groups is 1. The Balaban J connectivity index is 2.24. The molecule has 0 atom stereocenters. The van der Waals surface area contributed by atoms with Gasteiger partial charge in [0.2, 0.25) is 16.5 Å². The molecule has 9 heteroatoms. The summed E-state index contributed by atoms with van der Waals surface area (Å²) in [6.07, 6.45) is 1.14. The fraction of sp³-hybridized carbons (Fsp3) is 0.100. The molecule has 0 saturated heterocycles. The number of anilines is 2. The van der Waals surface area contributed by atoms with E-state index in [4.69, 9.17) is 23.2 Å². The molecule has 0 unspecified atom stereocenters. The van der Waals surface area contributed by atoms with Gasteiger partial charge in [-0.1, -0.05) is 0 Å². The Morgan fingerprint density at radius 1 is 1.00 bits per heavy atom. The summed E-state index contributed by atoms with van der Waals surface area (Å²) >= 11 is 11.3. The molecule has 0 bridgehead atoms. The molecule has 0 aliphatic rings. The van der Waals surface area contributed by atoms with Crippen LogP contribution in [-0.4, -0.2) is 29.6 Å². The third-order valence-corrected chi connectivity index (χ3v) is 3.59. The highest BCUT2D eigenvalue weighted by Crippen LogP contribution is 2.18. The van der Waals surface area contributed by atoms with Crippen molar-refractivity contribution in [2.24, 2.45) is 0 Å². The Morgan fingerprint density at radius 2 is 1.53 bits per heavy atom. The lowest BCUT2D eigenvalue weighted by atomic mass is 10.3. The molecule has 0 saturated carbocycles. The summed E-state index contributed by atoms with van der Waals surface area (Å²) in [6.45, 7) is 0. The van der Waals surface area contributed by atoms with E-state index < -0.39 is 9.84 Å². The van der Waals surface area contributed by atoms with Gasteiger partial charge < -0.3 is 5.32 Å². The molecule has 0 amide bonds. The van der Waals surface area contributed by atoms with E-state index in [2.05, 4.69) is 20.3 Å². The summed E-state index contributed by atoms with van der Waals surface area (Å²) in [7, 11) is -3.22. The summed E-state index contributed by atoms with van der Waals surface area (Å²) in [5.41, 5.74) is 0.603. The highest BCUT2D eigenvalue weighted by molar-refractivity contribution is 7.90. The van der Waals surface area contributed by atoms with Crippen LogP contribution in [0.2, 0.25) is 10.6 Å². The van der Waals surface area contributed by atoms with Gasteiger partial charge in [0.05, 0.1) is 4.90 Å². The molecule has 0 spiro atoms. The third kappa shape index (κ3) is 3.76. The highest BCUT2D eigenvalue weighted by atomic mass is 35.5. The predicted octanol–water partition coefficient (Wildman–Crippen LogP) is 2.33. The number of nitrogens with zero attached hydrogens (tertiary/aromatic N) is 3. The average Bonchev–Trinajstić information content (AvgIpc) is 2.26. The first-order chi connectivity index (χ1) is 8.84. The topological polar surface area (TPSA) is 84.8 Å². The maximum Gasteiger partial charge on any atom is 0.232 e. The zero-order valence-corrected chi connectivity index (χ0v) is 12.0. The SMILES string of the molecule is CS(=O)(=O)c1ccc(Nc2nc(Cl)nc(Cl)n2)cc1. The molecule has 100 valence electrons. The highest BCUT2D eigenvalue weighted by Gasteiger charge is 2.07. The Morgan fingerprint density at radius 3 is 2.00 bits per heavy atom. The summed E-state index contributed by atoms with van der Waals surface area (Å²) in [4.78, 5) is 11.5. The standard InChI is InChI=1S/C10H8Cl2N4O2S/c1-19(17,18)7-4-2-6(3-5-7)13-10-15-8(11)14-9(12)16-10/h2-5H,1H3,(H,13,14,15,16). The van der Waals surface area contributed by atoms with E-state index in [1.807, 2.05) is 0 Å². The maximum absolute atomic E-state index is 11.3. The molecule has 0 aliphatic heterocycles. The lowest BCUT2D eigenvalue weighted by Gasteiger charge is -2.05. The first-order valence-electron chi connectivity index (χ1n) is 4.99. The van der Waals surface area contributed by atoms with Crippen molar-refractivity contribution in [1.29, 1.82) is 0 Å². The van der Waals surface area contributed by atoms with Crippen molar-refractivity contribution in [2.45, 2.75) is 4.90 Å². The largest absolute Gasteiger partial charge is 0.324 e. The van der Waals surface area contributed by atoms with Crippen LogP contribution in [0.15, 0.2) is 29.2 Å². The van der Waals surface area contributed by atoms with E-state index in [-0.39, 0.29) is 21.4 Å². The molecule has 2 aromatic rings. The lowest BCUT2D eigenvalue weighted by Crippen LogP contribution is -2.00. The van der Waals surface area contributed by atoms with Crippen LogP contribution in [0, 0.1) is 0 Å². The summed E-state index contributed by atoms with van der Waals surface area (Å²) in [6, 6.07) is 6.12. The van der Waals surface area contributed by atoms with E-state index in [9.17, 15) is 8.42 Å². The van der Waals surface area contributed by atoms with Crippen LogP contribution in [0.4, 0.5) is 11.6 Å². The van der Waals surface area contributed by atoms with Crippen molar-refractivity contribution < 1.29 is 8.42 Å². The van der Waals surface area contributed by atoms with Gasteiger partial charge in [-0.25, -0.2) is 8.42 Å². The molecule has 6 nitrogen and oxygen atoms in total. The van der Waals surface area contributed by atoms with Crippen LogP contribution in [-0.2, 0) is 9.84 Å². The molecule has 1 aromatic heterocycles. The summed E-state index contributed by atoms with van der Waals surface area (Å²) < 4.78 is 22.6. The van der Waals surface area contributed by atoms with Crippen LogP contribution >= 0.6 is 23.2 Å². The zero-order valence-electron chi connectivity index (χ0n) is 9.63. The summed E-state index contributed by atoms with van der Waals surface area (Å²) in [5.74, 6) is 0.178. The van der Waals surface area contributed by atoms with E-state index in [0.717, 1.165) is 6.26 Å². The second-order valence-corrected chi connectivity index (χ2v) is 6.31. The fourth-order valence-electron chi connectivity index (χ4n) is 1.30. The number of rotatable bonds is 3. The zero-order chi connectivity index (χ0) is 14.0. The van der Waals surface area contributed by atoms with Gasteiger partial charge in [-0.2, -0.15) is 15.0 Å².